The van der Waals surface area contributed by atoms with E-state index in [9.17, 15) is 9.18 Å². The van der Waals surface area contributed by atoms with Crippen LogP contribution in [-0.4, -0.2) is 5.78 Å². The van der Waals surface area contributed by atoms with Gasteiger partial charge >= 0.3 is 0 Å². The van der Waals surface area contributed by atoms with Gasteiger partial charge in [0.25, 0.3) is 0 Å². The Morgan fingerprint density at radius 2 is 1.83 bits per heavy atom. The lowest BCUT2D eigenvalue weighted by atomic mass is 10.1. The number of halogens is 1. The Morgan fingerprint density at radius 1 is 1.33 bits per heavy atom. The first kappa shape index (κ1) is 8.52. The molecule has 4 N–H and O–H groups in total. The van der Waals surface area contributed by atoms with Crippen LogP contribution in [0.2, 0.25) is 0 Å². The zero-order valence-corrected chi connectivity index (χ0v) is 6.60. The summed E-state index contributed by atoms with van der Waals surface area (Å²) in [6.07, 6.45) is 0. The molecule has 1 aromatic rings. The Bertz CT molecular complexity index is 336. The standard InChI is InChI=1S/C8H9FN2O/c1-4(12)5-2-7(10)8(11)3-6(5)9/h2-3H,10-11H2,1H3. The predicted octanol–water partition coefficient (Wildman–Crippen LogP) is 1.19. The second kappa shape index (κ2) is 2.81. The highest BCUT2D eigenvalue weighted by molar-refractivity contribution is 5.96. The van der Waals surface area contributed by atoms with Crippen LogP contribution in [0.5, 0.6) is 0 Å². The monoisotopic (exact) mass is 168 g/mol. The van der Waals surface area contributed by atoms with Gasteiger partial charge in [-0.1, -0.05) is 0 Å². The quantitative estimate of drug-likeness (QED) is 0.489. The van der Waals surface area contributed by atoms with Crippen molar-refractivity contribution in [1.82, 2.24) is 0 Å². The number of nitrogen functional groups attached to an aromatic ring is 2. The molecule has 0 bridgehead atoms. The maximum Gasteiger partial charge on any atom is 0.162 e. The van der Waals surface area contributed by atoms with Crippen LogP contribution in [0.1, 0.15) is 17.3 Å². The lowest BCUT2D eigenvalue weighted by Crippen LogP contribution is -2.02. The summed E-state index contributed by atoms with van der Waals surface area (Å²) in [4.78, 5) is 10.8. The van der Waals surface area contributed by atoms with E-state index < -0.39 is 5.82 Å². The minimum Gasteiger partial charge on any atom is -0.397 e. The number of benzene rings is 1. The Morgan fingerprint density at radius 3 is 2.33 bits per heavy atom. The molecule has 0 aliphatic rings. The van der Waals surface area contributed by atoms with Gasteiger partial charge in [0, 0.05) is 0 Å². The van der Waals surface area contributed by atoms with Crippen LogP contribution in [0, 0.1) is 5.82 Å². The maximum atomic E-state index is 12.9. The summed E-state index contributed by atoms with van der Waals surface area (Å²) in [5, 5.41) is 0. The molecule has 1 rings (SSSR count). The summed E-state index contributed by atoms with van der Waals surface area (Å²) >= 11 is 0. The molecule has 12 heavy (non-hydrogen) atoms. The smallest absolute Gasteiger partial charge is 0.162 e. The summed E-state index contributed by atoms with van der Waals surface area (Å²) in [6.45, 7) is 1.27. The zero-order chi connectivity index (χ0) is 9.30. The number of hydrogen-bond acceptors (Lipinski definition) is 3. The lowest BCUT2D eigenvalue weighted by Gasteiger charge is -2.03. The highest BCUT2D eigenvalue weighted by Gasteiger charge is 2.09. The normalized spacial score (nSPS) is 9.83. The Hall–Kier alpha value is -1.58. The van der Waals surface area contributed by atoms with Gasteiger partial charge in [-0.2, -0.15) is 0 Å². The minimum atomic E-state index is -0.630. The van der Waals surface area contributed by atoms with Crippen molar-refractivity contribution in [2.45, 2.75) is 6.92 Å². The molecule has 0 saturated carbocycles. The van der Waals surface area contributed by atoms with Crippen molar-refractivity contribution in [1.29, 1.82) is 0 Å². The molecule has 0 fully saturated rings. The van der Waals surface area contributed by atoms with Crippen molar-refractivity contribution in [2.75, 3.05) is 11.5 Å². The van der Waals surface area contributed by atoms with Crippen LogP contribution in [0.4, 0.5) is 15.8 Å². The van der Waals surface area contributed by atoms with E-state index in [1.807, 2.05) is 0 Å². The Balaban J connectivity index is 3.33. The molecule has 0 saturated heterocycles. The van der Waals surface area contributed by atoms with Crippen LogP contribution >= 0.6 is 0 Å². The number of rotatable bonds is 1. The van der Waals surface area contributed by atoms with Crippen LogP contribution in [0.15, 0.2) is 12.1 Å². The van der Waals surface area contributed by atoms with Gasteiger partial charge in [0.1, 0.15) is 5.82 Å². The highest BCUT2D eigenvalue weighted by atomic mass is 19.1. The topological polar surface area (TPSA) is 69.1 Å². The fraction of sp³-hybridized carbons (Fsp3) is 0.125. The van der Waals surface area contributed by atoms with E-state index in [1.54, 1.807) is 0 Å². The summed E-state index contributed by atoms with van der Waals surface area (Å²) in [7, 11) is 0. The van der Waals surface area contributed by atoms with Gasteiger partial charge in [0.15, 0.2) is 5.78 Å². The predicted molar refractivity (Wildman–Crippen MR) is 45.2 cm³/mol. The number of carbonyl (C=O) groups excluding carboxylic acids is 1. The van der Waals surface area contributed by atoms with Crippen molar-refractivity contribution in [2.24, 2.45) is 0 Å². The van der Waals surface area contributed by atoms with Gasteiger partial charge in [0.05, 0.1) is 16.9 Å². The highest BCUT2D eigenvalue weighted by Crippen LogP contribution is 2.19. The number of anilines is 2. The molecule has 0 atom stereocenters. The number of carbonyl (C=O) groups is 1. The van der Waals surface area contributed by atoms with Crippen LogP contribution < -0.4 is 11.5 Å². The fourth-order valence-electron chi connectivity index (χ4n) is 0.875. The molecule has 64 valence electrons. The average molecular weight is 168 g/mol. The summed E-state index contributed by atoms with van der Waals surface area (Å²) in [6, 6.07) is 2.29. The first-order chi connectivity index (χ1) is 5.52. The minimum absolute atomic E-state index is 0.0262. The molecule has 0 unspecified atom stereocenters. The van der Waals surface area contributed by atoms with E-state index in [1.165, 1.54) is 13.0 Å². The molecule has 0 amide bonds. The van der Waals surface area contributed by atoms with E-state index in [0.717, 1.165) is 6.07 Å². The van der Waals surface area contributed by atoms with Gasteiger partial charge in [0.2, 0.25) is 0 Å². The van der Waals surface area contributed by atoms with Gasteiger partial charge < -0.3 is 11.5 Å². The van der Waals surface area contributed by atoms with Gasteiger partial charge in [-0.3, -0.25) is 4.79 Å². The SMILES string of the molecule is CC(=O)c1cc(N)c(N)cc1F. The largest absolute Gasteiger partial charge is 0.397 e. The molecule has 0 aliphatic carbocycles. The van der Waals surface area contributed by atoms with E-state index in [0.29, 0.717) is 0 Å². The van der Waals surface area contributed by atoms with Crippen molar-refractivity contribution >= 4 is 17.2 Å². The summed E-state index contributed by atoms with van der Waals surface area (Å²) in [5.41, 5.74) is 11.0. The molecule has 0 radical (unpaired) electrons. The van der Waals surface area contributed by atoms with Gasteiger partial charge in [-0.05, 0) is 19.1 Å². The van der Waals surface area contributed by atoms with E-state index in [-0.39, 0.29) is 22.7 Å². The molecule has 0 heterocycles. The molecule has 0 spiro atoms. The van der Waals surface area contributed by atoms with E-state index >= 15 is 0 Å². The second-order valence-corrected chi connectivity index (χ2v) is 2.52. The molecular weight excluding hydrogens is 159 g/mol. The molecule has 4 heteroatoms. The van der Waals surface area contributed by atoms with E-state index in [4.69, 9.17) is 11.5 Å². The van der Waals surface area contributed by atoms with Crippen molar-refractivity contribution in [3.05, 3.63) is 23.5 Å². The second-order valence-electron chi connectivity index (χ2n) is 2.52. The van der Waals surface area contributed by atoms with Crippen molar-refractivity contribution < 1.29 is 9.18 Å². The molecular formula is C8H9FN2O. The number of Topliss-reactive ketones (excluding diaryl/α,β-unsaturated/α-hetero) is 1. The molecule has 3 nitrogen and oxygen atoms in total. The zero-order valence-electron chi connectivity index (χ0n) is 6.60. The summed E-state index contributed by atoms with van der Waals surface area (Å²) < 4.78 is 12.9. The van der Waals surface area contributed by atoms with Gasteiger partial charge in [-0.15, -0.1) is 0 Å². The Kier molecular flexibility index (Phi) is 1.99. The summed E-state index contributed by atoms with van der Waals surface area (Å²) in [5.74, 6) is -0.992. The molecule has 1 aromatic carbocycles. The third-order valence-electron chi connectivity index (χ3n) is 1.55. The van der Waals surface area contributed by atoms with Crippen molar-refractivity contribution in [3.63, 3.8) is 0 Å². The first-order valence-electron chi connectivity index (χ1n) is 3.38. The maximum absolute atomic E-state index is 12.9. The first-order valence-corrected chi connectivity index (χ1v) is 3.38. The molecule has 0 aliphatic heterocycles. The van der Waals surface area contributed by atoms with E-state index in [2.05, 4.69) is 0 Å². The van der Waals surface area contributed by atoms with Crippen LogP contribution in [0.3, 0.4) is 0 Å². The van der Waals surface area contributed by atoms with Crippen molar-refractivity contribution in [3.8, 4) is 0 Å². The van der Waals surface area contributed by atoms with Crippen LogP contribution in [0.25, 0.3) is 0 Å². The lowest BCUT2D eigenvalue weighted by molar-refractivity contribution is 0.101. The fourth-order valence-corrected chi connectivity index (χ4v) is 0.875. The van der Waals surface area contributed by atoms with Gasteiger partial charge in [-0.25, -0.2) is 4.39 Å². The molecule has 0 aromatic heterocycles. The average Bonchev–Trinajstić information content (AvgIpc) is 1.96. The Labute approximate surface area is 69.2 Å². The number of ketones is 1. The van der Waals surface area contributed by atoms with Crippen LogP contribution in [-0.2, 0) is 0 Å². The number of hydrogen-bond donors (Lipinski definition) is 2. The third kappa shape index (κ3) is 1.37. The number of nitrogens with two attached hydrogens (primary N) is 2. The third-order valence-corrected chi connectivity index (χ3v) is 1.55.